The summed E-state index contributed by atoms with van der Waals surface area (Å²) in [5.74, 6) is 0.103. The topological polar surface area (TPSA) is 85.0 Å². The monoisotopic (exact) mass is 294 g/mol. The molecule has 0 fully saturated rings. The number of aromatic hydroxyl groups is 1. The normalized spacial score (nSPS) is 10.8. The molecular formula is C16H14N4O2. The van der Waals surface area contributed by atoms with Crippen molar-refractivity contribution in [2.75, 3.05) is 0 Å². The van der Waals surface area contributed by atoms with Gasteiger partial charge in [0.1, 0.15) is 5.21 Å². The maximum Gasteiger partial charge on any atom is 0.359 e. The van der Waals surface area contributed by atoms with Gasteiger partial charge in [0, 0.05) is 11.1 Å². The summed E-state index contributed by atoms with van der Waals surface area (Å²) in [6.45, 7) is 1.92. The number of nitrogens with zero attached hydrogens (tertiary/aromatic N) is 4. The third kappa shape index (κ3) is 1.97. The average Bonchev–Trinajstić information content (AvgIpc) is 2.86. The SMILES string of the molecule is Cc1ccc(-n2n[n+]3c(ccc4ccccc43)c2O)cn1.[OH-]. The van der Waals surface area contributed by atoms with E-state index in [1.54, 1.807) is 10.7 Å². The fraction of sp³-hybridized carbons (Fsp3) is 0.0625. The summed E-state index contributed by atoms with van der Waals surface area (Å²) < 4.78 is 3.23. The van der Waals surface area contributed by atoms with Gasteiger partial charge in [0.15, 0.2) is 11.2 Å². The van der Waals surface area contributed by atoms with Crippen LogP contribution in [0.4, 0.5) is 0 Å². The van der Waals surface area contributed by atoms with Gasteiger partial charge in [-0.2, -0.15) is 0 Å². The van der Waals surface area contributed by atoms with Crippen molar-refractivity contribution in [3.8, 4) is 11.6 Å². The van der Waals surface area contributed by atoms with Crippen LogP contribution >= 0.6 is 0 Å². The van der Waals surface area contributed by atoms with E-state index in [1.165, 1.54) is 4.68 Å². The molecule has 22 heavy (non-hydrogen) atoms. The molecule has 0 saturated heterocycles. The second-order valence-electron chi connectivity index (χ2n) is 4.97. The highest BCUT2D eigenvalue weighted by Crippen LogP contribution is 2.21. The van der Waals surface area contributed by atoms with Crippen LogP contribution in [0.2, 0.25) is 0 Å². The Kier molecular flexibility index (Phi) is 3.23. The van der Waals surface area contributed by atoms with Gasteiger partial charge in [-0.25, -0.2) is 0 Å². The first-order chi connectivity index (χ1) is 10.2. The van der Waals surface area contributed by atoms with Crippen molar-refractivity contribution in [3.05, 3.63) is 60.4 Å². The summed E-state index contributed by atoms with van der Waals surface area (Å²) in [6.07, 6.45) is 1.70. The van der Waals surface area contributed by atoms with E-state index in [-0.39, 0.29) is 11.4 Å². The third-order valence-corrected chi connectivity index (χ3v) is 3.56. The van der Waals surface area contributed by atoms with Gasteiger partial charge in [-0.05, 0) is 37.3 Å². The molecule has 0 radical (unpaired) electrons. The first-order valence-corrected chi connectivity index (χ1v) is 6.69. The van der Waals surface area contributed by atoms with E-state index in [2.05, 4.69) is 10.2 Å². The zero-order valence-electron chi connectivity index (χ0n) is 11.9. The summed E-state index contributed by atoms with van der Waals surface area (Å²) in [5, 5.41) is 16.0. The van der Waals surface area contributed by atoms with Crippen molar-refractivity contribution in [1.29, 1.82) is 0 Å². The summed E-state index contributed by atoms with van der Waals surface area (Å²) in [4.78, 5) is 4.25. The molecule has 0 unspecified atom stereocenters. The van der Waals surface area contributed by atoms with Crippen LogP contribution in [0.5, 0.6) is 5.88 Å². The Morgan fingerprint density at radius 2 is 1.82 bits per heavy atom. The van der Waals surface area contributed by atoms with E-state index in [4.69, 9.17) is 0 Å². The van der Waals surface area contributed by atoms with Gasteiger partial charge in [-0.1, -0.05) is 27.4 Å². The van der Waals surface area contributed by atoms with Crippen LogP contribution in [0.3, 0.4) is 0 Å². The molecule has 6 heteroatoms. The molecule has 1 aromatic carbocycles. The number of para-hydroxylation sites is 1. The molecule has 4 rings (SSSR count). The second-order valence-corrected chi connectivity index (χ2v) is 4.97. The molecule has 0 spiro atoms. The first-order valence-electron chi connectivity index (χ1n) is 6.69. The summed E-state index contributed by atoms with van der Waals surface area (Å²) in [5.41, 5.74) is 3.26. The Morgan fingerprint density at radius 3 is 2.59 bits per heavy atom. The van der Waals surface area contributed by atoms with Gasteiger partial charge in [0.2, 0.25) is 5.52 Å². The highest BCUT2D eigenvalue weighted by molar-refractivity contribution is 5.77. The van der Waals surface area contributed by atoms with E-state index < -0.39 is 0 Å². The molecule has 0 aliphatic heterocycles. The average molecular weight is 294 g/mol. The Morgan fingerprint density at radius 1 is 1.00 bits per heavy atom. The highest BCUT2D eigenvalue weighted by Gasteiger charge is 2.22. The van der Waals surface area contributed by atoms with Crippen LogP contribution in [0.25, 0.3) is 22.1 Å². The third-order valence-electron chi connectivity index (χ3n) is 3.56. The van der Waals surface area contributed by atoms with Gasteiger partial charge in [-0.15, -0.1) is 0 Å². The van der Waals surface area contributed by atoms with E-state index in [1.807, 2.05) is 55.5 Å². The maximum absolute atomic E-state index is 10.4. The van der Waals surface area contributed by atoms with E-state index in [0.29, 0.717) is 5.52 Å². The number of fused-ring (bicyclic) bond motifs is 3. The standard InChI is InChI=1S/C16H12N4O.H2O/c1-11-6-8-13(10-17-11)19-16(21)15-9-7-12-4-2-3-5-14(12)20(15)18-19;/h2-10H,1H3;1H2. The zero-order chi connectivity index (χ0) is 14.4. The van der Waals surface area contributed by atoms with Crippen molar-refractivity contribution in [3.63, 3.8) is 0 Å². The van der Waals surface area contributed by atoms with Crippen LogP contribution in [-0.4, -0.2) is 25.5 Å². The Hall–Kier alpha value is -2.99. The number of hydrogen-bond acceptors (Lipinski definition) is 4. The summed E-state index contributed by atoms with van der Waals surface area (Å²) in [7, 11) is 0. The molecular weight excluding hydrogens is 280 g/mol. The second kappa shape index (κ2) is 5.09. The Bertz CT molecular complexity index is 961. The number of pyridine rings is 2. The molecule has 3 aromatic heterocycles. The highest BCUT2D eigenvalue weighted by atomic mass is 16.3. The van der Waals surface area contributed by atoms with E-state index >= 15 is 0 Å². The largest absolute Gasteiger partial charge is 0.870 e. The number of aryl methyl sites for hydroxylation is 1. The van der Waals surface area contributed by atoms with Crippen molar-refractivity contribution in [1.82, 2.24) is 14.9 Å². The van der Waals surface area contributed by atoms with E-state index in [9.17, 15) is 5.11 Å². The quantitative estimate of drug-likeness (QED) is 0.544. The maximum atomic E-state index is 10.4. The zero-order valence-corrected chi connectivity index (χ0v) is 11.9. The minimum atomic E-state index is 0. The molecule has 0 aliphatic rings. The van der Waals surface area contributed by atoms with Gasteiger partial charge >= 0.3 is 5.88 Å². The minimum absolute atomic E-state index is 0. The van der Waals surface area contributed by atoms with Gasteiger partial charge in [-0.3, -0.25) is 4.98 Å². The van der Waals surface area contributed by atoms with Crippen molar-refractivity contribution in [2.24, 2.45) is 0 Å². The lowest BCUT2D eigenvalue weighted by Gasteiger charge is -1.93. The smallest absolute Gasteiger partial charge is 0.359 e. The van der Waals surface area contributed by atoms with Crippen LogP contribution < -0.4 is 4.52 Å². The van der Waals surface area contributed by atoms with Crippen LogP contribution in [0.15, 0.2) is 54.7 Å². The van der Waals surface area contributed by atoms with Gasteiger partial charge in [0.05, 0.1) is 6.20 Å². The Labute approximate surface area is 126 Å². The number of rotatable bonds is 1. The molecule has 110 valence electrons. The summed E-state index contributed by atoms with van der Waals surface area (Å²) in [6, 6.07) is 15.6. The van der Waals surface area contributed by atoms with Crippen molar-refractivity contribution in [2.45, 2.75) is 6.92 Å². The van der Waals surface area contributed by atoms with Gasteiger partial charge < -0.3 is 10.6 Å². The lowest BCUT2D eigenvalue weighted by molar-refractivity contribution is -0.555. The van der Waals surface area contributed by atoms with Crippen molar-refractivity contribution < 1.29 is 15.1 Å². The molecule has 4 aromatic rings. The fourth-order valence-electron chi connectivity index (χ4n) is 2.46. The lowest BCUT2D eigenvalue weighted by atomic mass is 10.2. The first kappa shape index (κ1) is 14.0. The van der Waals surface area contributed by atoms with Crippen LogP contribution in [-0.2, 0) is 0 Å². The molecule has 0 aliphatic carbocycles. The van der Waals surface area contributed by atoms with Crippen LogP contribution in [0, 0.1) is 6.92 Å². The predicted molar refractivity (Wildman–Crippen MR) is 80.4 cm³/mol. The van der Waals surface area contributed by atoms with E-state index in [0.717, 1.165) is 22.3 Å². The number of hydrogen-bond donors (Lipinski definition) is 1. The lowest BCUT2D eigenvalue weighted by Crippen LogP contribution is -2.25. The molecule has 0 bridgehead atoms. The molecule has 0 saturated carbocycles. The minimum Gasteiger partial charge on any atom is -0.870 e. The molecule has 6 nitrogen and oxygen atoms in total. The molecule has 0 atom stereocenters. The molecule has 0 amide bonds. The number of aromatic nitrogens is 4. The predicted octanol–water partition coefficient (Wildman–Crippen LogP) is 2.00. The van der Waals surface area contributed by atoms with Gasteiger partial charge in [0.25, 0.3) is 0 Å². The Balaban J connectivity index is 0.00000144. The fourth-order valence-corrected chi connectivity index (χ4v) is 2.46. The molecule has 3 heterocycles. The summed E-state index contributed by atoms with van der Waals surface area (Å²) >= 11 is 0. The van der Waals surface area contributed by atoms with Crippen LogP contribution in [0.1, 0.15) is 5.69 Å². The number of benzene rings is 1. The van der Waals surface area contributed by atoms with Crippen molar-refractivity contribution >= 4 is 16.4 Å². The molecule has 2 N–H and O–H groups in total.